The number of ether oxygens (including phenoxy) is 1. The standard InChI is InChI=1S/C90H55B2N5OS3/c1-5-26-56(27-6-1)93(71-41-23-47-83-86(71)62-34-13-20-44-80(62)99-83)60-50-75-89-76(51-60)97(73-43-25-49-85-88(73)64-36-15-22-46-82(64)101-85)70-40-19-17-38-66(70)91(89)67-54-68-78(55-74(67)96(75)59-32-11-4-12-33-59)98-79-53-61(52-77-90(79)92(68)65-37-16-18-39-69(65)95(77)58-30-9-3-10-31-58)94(57-28-7-2-8-29-57)72-42-24-48-84-87(72)63-35-14-21-45-81(63)100-84/h1-55H. The number of fused-ring (bicyclic) bond motifs is 17. The van der Waals surface area contributed by atoms with Gasteiger partial charge in [0.2, 0.25) is 0 Å². The van der Waals surface area contributed by atoms with Gasteiger partial charge >= 0.3 is 0 Å². The van der Waals surface area contributed by atoms with E-state index >= 15 is 0 Å². The van der Waals surface area contributed by atoms with Crippen LogP contribution in [0.3, 0.4) is 0 Å². The molecule has 15 aromatic carbocycles. The molecule has 6 nitrogen and oxygen atoms in total. The van der Waals surface area contributed by atoms with Crippen LogP contribution in [0.5, 0.6) is 11.5 Å². The normalized spacial score (nSPS) is 13.1. The number of anilines is 15. The lowest BCUT2D eigenvalue weighted by Crippen LogP contribution is -2.64. The highest BCUT2D eigenvalue weighted by Crippen LogP contribution is 2.55. The quantitative estimate of drug-likeness (QED) is 0.134. The van der Waals surface area contributed by atoms with Crippen molar-refractivity contribution in [1.82, 2.24) is 0 Å². The number of benzene rings is 15. The highest BCUT2D eigenvalue weighted by molar-refractivity contribution is 7.26. The summed E-state index contributed by atoms with van der Waals surface area (Å²) in [4.78, 5) is 12.6. The van der Waals surface area contributed by atoms with Crippen molar-refractivity contribution in [3.8, 4) is 11.5 Å². The first-order chi connectivity index (χ1) is 50.1. The number of thiophene rings is 3. The van der Waals surface area contributed by atoms with Gasteiger partial charge in [0.05, 0.1) is 28.4 Å². The molecule has 4 aliphatic heterocycles. The van der Waals surface area contributed by atoms with Gasteiger partial charge in [0.25, 0.3) is 13.4 Å². The predicted octanol–water partition coefficient (Wildman–Crippen LogP) is 22.2. The molecular formula is C90H55B2N5OS3. The molecule has 101 heavy (non-hydrogen) atoms. The summed E-state index contributed by atoms with van der Waals surface area (Å²) >= 11 is 5.57. The number of nitrogens with zero attached hydrogens (tertiary/aromatic N) is 5. The zero-order valence-electron chi connectivity index (χ0n) is 54.3. The third-order valence-corrected chi connectivity index (χ3v) is 24.6. The lowest BCUT2D eigenvalue weighted by Gasteiger charge is -2.46. The van der Waals surface area contributed by atoms with E-state index in [1.54, 1.807) is 0 Å². The molecular weight excluding hydrogens is 1280 g/mol. The first kappa shape index (κ1) is 56.9. The van der Waals surface area contributed by atoms with E-state index in [1.165, 1.54) is 82.4 Å². The molecule has 4 aliphatic rings. The van der Waals surface area contributed by atoms with Crippen LogP contribution >= 0.6 is 34.0 Å². The molecule has 0 aliphatic carbocycles. The summed E-state index contributed by atoms with van der Waals surface area (Å²) in [6, 6.07) is 124. The van der Waals surface area contributed by atoms with Crippen LogP contribution in [0.1, 0.15) is 0 Å². The van der Waals surface area contributed by atoms with Crippen molar-refractivity contribution < 1.29 is 4.74 Å². The second-order valence-electron chi connectivity index (χ2n) is 26.6. The van der Waals surface area contributed by atoms with Crippen molar-refractivity contribution >= 4 is 226 Å². The average molecular weight is 1340 g/mol. The molecule has 0 N–H and O–H groups in total. The number of hydrogen-bond acceptors (Lipinski definition) is 9. The maximum atomic E-state index is 7.94. The Kier molecular flexibility index (Phi) is 12.5. The SMILES string of the molecule is c1ccc(N2c3ccccc3B3c4cc5c(cc4Oc4cc(N(c6ccccc6)c6cccc7sc8ccccc8c67)cc2c43)N(c2ccccc2)c2cc(N(c3ccccc3)c3cccc4sc6ccccc6c34)cc3c2B5c2ccccc2N3c2cccc3sc4ccccc4c23)cc1. The minimum atomic E-state index is -0.215. The lowest BCUT2D eigenvalue weighted by atomic mass is 9.30. The summed E-state index contributed by atoms with van der Waals surface area (Å²) in [7, 11) is 0. The summed E-state index contributed by atoms with van der Waals surface area (Å²) in [5.41, 5.74) is 23.5. The van der Waals surface area contributed by atoms with Gasteiger partial charge in [0.15, 0.2) is 0 Å². The summed E-state index contributed by atoms with van der Waals surface area (Å²) in [5.74, 6) is 1.65. The maximum absolute atomic E-state index is 7.94. The minimum Gasteiger partial charge on any atom is -0.458 e. The summed E-state index contributed by atoms with van der Waals surface area (Å²) in [5, 5.41) is 7.45. The Morgan fingerprint density at radius 2 is 0.644 bits per heavy atom. The Morgan fingerprint density at radius 1 is 0.248 bits per heavy atom. The molecule has 0 saturated carbocycles. The van der Waals surface area contributed by atoms with Crippen LogP contribution in [-0.4, -0.2) is 13.4 Å². The highest BCUT2D eigenvalue weighted by Gasteiger charge is 2.48. The van der Waals surface area contributed by atoms with Crippen molar-refractivity contribution in [1.29, 1.82) is 0 Å². The smallest absolute Gasteiger partial charge is 0.256 e. The molecule has 0 bridgehead atoms. The molecule has 0 amide bonds. The second-order valence-corrected chi connectivity index (χ2v) is 29.8. The van der Waals surface area contributed by atoms with Gasteiger partial charge in [-0.2, -0.15) is 0 Å². The third kappa shape index (κ3) is 8.46. The molecule has 0 radical (unpaired) electrons. The van der Waals surface area contributed by atoms with Crippen molar-refractivity contribution in [3.63, 3.8) is 0 Å². The minimum absolute atomic E-state index is 0.211. The van der Waals surface area contributed by atoms with Crippen LogP contribution in [0.4, 0.5) is 85.3 Å². The summed E-state index contributed by atoms with van der Waals surface area (Å²) < 4.78 is 15.5. The van der Waals surface area contributed by atoms with Gasteiger partial charge < -0.3 is 29.2 Å². The second kappa shape index (κ2) is 22.2. The lowest BCUT2D eigenvalue weighted by molar-refractivity contribution is 0.488. The van der Waals surface area contributed by atoms with Crippen LogP contribution in [-0.2, 0) is 0 Å². The molecule has 11 heteroatoms. The van der Waals surface area contributed by atoms with Crippen LogP contribution in [0.15, 0.2) is 334 Å². The van der Waals surface area contributed by atoms with Crippen LogP contribution in [0, 0.1) is 0 Å². The predicted molar refractivity (Wildman–Crippen MR) is 434 cm³/mol. The van der Waals surface area contributed by atoms with E-state index in [0.717, 1.165) is 108 Å². The zero-order chi connectivity index (χ0) is 66.0. The van der Waals surface area contributed by atoms with Crippen molar-refractivity contribution in [2.45, 2.75) is 0 Å². The van der Waals surface area contributed by atoms with Gasteiger partial charge in [-0.3, -0.25) is 0 Å². The third-order valence-electron chi connectivity index (χ3n) is 21.2. The molecule has 7 heterocycles. The Hall–Kier alpha value is -12.1. The van der Waals surface area contributed by atoms with Crippen molar-refractivity contribution in [2.24, 2.45) is 0 Å². The molecule has 18 aromatic rings. The van der Waals surface area contributed by atoms with E-state index in [0.29, 0.717) is 0 Å². The van der Waals surface area contributed by atoms with E-state index in [4.69, 9.17) is 4.74 Å². The zero-order valence-corrected chi connectivity index (χ0v) is 56.7. The van der Waals surface area contributed by atoms with Crippen LogP contribution in [0.25, 0.3) is 60.5 Å². The fourth-order valence-electron chi connectivity index (χ4n) is 17.2. The Balaban J connectivity index is 0.831. The maximum Gasteiger partial charge on any atom is 0.256 e. The Morgan fingerprint density at radius 3 is 1.20 bits per heavy atom. The van der Waals surface area contributed by atoms with Gasteiger partial charge in [-0.25, -0.2) is 0 Å². The average Bonchev–Trinajstić information content (AvgIpc) is 1.22. The van der Waals surface area contributed by atoms with Gasteiger partial charge in [-0.05, 0) is 166 Å². The van der Waals surface area contributed by atoms with Gasteiger partial charge in [-0.1, -0.05) is 188 Å². The Labute approximate surface area is 596 Å². The van der Waals surface area contributed by atoms with E-state index < -0.39 is 0 Å². The molecule has 470 valence electrons. The fraction of sp³-hybridized carbons (Fsp3) is 0. The fourth-order valence-corrected chi connectivity index (χ4v) is 20.6. The van der Waals surface area contributed by atoms with E-state index in [2.05, 4.69) is 358 Å². The summed E-state index contributed by atoms with van der Waals surface area (Å²) in [6.45, 7) is -0.426. The molecule has 0 saturated heterocycles. The number of para-hydroxylation sites is 6. The molecule has 22 rings (SSSR count). The highest BCUT2D eigenvalue weighted by atomic mass is 32.1. The van der Waals surface area contributed by atoms with Gasteiger partial charge in [0.1, 0.15) is 11.5 Å². The van der Waals surface area contributed by atoms with E-state index in [9.17, 15) is 0 Å². The number of hydrogen-bond donors (Lipinski definition) is 0. The van der Waals surface area contributed by atoms with Gasteiger partial charge in [-0.15, -0.1) is 34.0 Å². The first-order valence-corrected chi connectivity index (χ1v) is 36.9. The Bertz CT molecular complexity index is 6460. The van der Waals surface area contributed by atoms with E-state index in [1.807, 2.05) is 34.0 Å². The molecule has 0 atom stereocenters. The summed E-state index contributed by atoms with van der Waals surface area (Å²) in [6.07, 6.45) is 0. The molecule has 0 fully saturated rings. The molecule has 3 aromatic heterocycles. The largest absolute Gasteiger partial charge is 0.458 e. The van der Waals surface area contributed by atoms with Crippen molar-refractivity contribution in [2.75, 3.05) is 24.5 Å². The number of rotatable bonds is 9. The van der Waals surface area contributed by atoms with Crippen LogP contribution in [0.2, 0.25) is 0 Å². The topological polar surface area (TPSA) is 25.4 Å². The van der Waals surface area contributed by atoms with Gasteiger partial charge in [0, 0.05) is 130 Å². The van der Waals surface area contributed by atoms with Crippen LogP contribution < -0.4 is 62.0 Å². The molecule has 0 spiro atoms. The van der Waals surface area contributed by atoms with Crippen molar-refractivity contribution in [3.05, 3.63) is 334 Å². The van der Waals surface area contributed by atoms with E-state index in [-0.39, 0.29) is 13.4 Å². The molecule has 0 unspecified atom stereocenters. The first-order valence-electron chi connectivity index (χ1n) is 34.4. The monoisotopic (exact) mass is 1340 g/mol.